The van der Waals surface area contributed by atoms with E-state index in [-0.39, 0.29) is 23.5 Å². The van der Waals surface area contributed by atoms with Gasteiger partial charge in [-0.15, -0.1) is 0 Å². The Labute approximate surface area is 158 Å². The molecule has 4 rings (SSSR count). The molecule has 0 aliphatic rings. The number of nitrogens with zero attached hydrogens (tertiary/aromatic N) is 4. The monoisotopic (exact) mass is 382 g/mol. The van der Waals surface area contributed by atoms with Crippen LogP contribution in [0.5, 0.6) is 11.5 Å². The fourth-order valence-corrected chi connectivity index (χ4v) is 2.80. The summed E-state index contributed by atoms with van der Waals surface area (Å²) in [4.78, 5) is 21.0. The van der Waals surface area contributed by atoms with Crippen LogP contribution in [0.4, 0.5) is 4.39 Å². The zero-order valence-electron chi connectivity index (χ0n) is 15.0. The molecule has 0 aliphatic carbocycles. The predicted molar refractivity (Wildman–Crippen MR) is 97.9 cm³/mol. The van der Waals surface area contributed by atoms with Gasteiger partial charge in [0.1, 0.15) is 23.9 Å². The van der Waals surface area contributed by atoms with Crippen molar-refractivity contribution in [1.82, 2.24) is 19.7 Å². The first-order valence-corrected chi connectivity index (χ1v) is 8.28. The molecular formula is C19H15FN4O4. The summed E-state index contributed by atoms with van der Waals surface area (Å²) in [7, 11) is 3.09. The Morgan fingerprint density at radius 3 is 2.79 bits per heavy atom. The highest BCUT2D eigenvalue weighted by Gasteiger charge is 2.15. The average Bonchev–Trinajstić information content (AvgIpc) is 3.18. The van der Waals surface area contributed by atoms with Crippen molar-refractivity contribution < 1.29 is 18.4 Å². The maximum absolute atomic E-state index is 13.3. The molecule has 0 unspecified atom stereocenters. The van der Waals surface area contributed by atoms with Crippen LogP contribution in [0.25, 0.3) is 22.3 Å². The number of benzene rings is 2. The van der Waals surface area contributed by atoms with E-state index in [0.29, 0.717) is 28.3 Å². The van der Waals surface area contributed by atoms with E-state index >= 15 is 0 Å². The van der Waals surface area contributed by atoms with E-state index in [9.17, 15) is 9.18 Å². The Morgan fingerprint density at radius 1 is 1.14 bits per heavy atom. The van der Waals surface area contributed by atoms with Gasteiger partial charge in [-0.3, -0.25) is 9.36 Å². The summed E-state index contributed by atoms with van der Waals surface area (Å²) in [6, 6.07) is 9.05. The number of ether oxygens (including phenoxy) is 2. The summed E-state index contributed by atoms with van der Waals surface area (Å²) in [5.74, 6) is 1.25. The minimum absolute atomic E-state index is 0.0324. The molecule has 0 spiro atoms. The molecule has 0 aliphatic heterocycles. The molecule has 0 atom stereocenters. The third-order valence-corrected chi connectivity index (χ3v) is 4.21. The average molecular weight is 382 g/mol. The first-order chi connectivity index (χ1) is 13.6. The number of fused-ring (bicyclic) bond motifs is 1. The van der Waals surface area contributed by atoms with Crippen molar-refractivity contribution in [2.45, 2.75) is 6.54 Å². The Balaban J connectivity index is 1.66. The molecule has 2 aromatic heterocycles. The summed E-state index contributed by atoms with van der Waals surface area (Å²) < 4.78 is 30.4. The Hall–Kier alpha value is -3.75. The van der Waals surface area contributed by atoms with E-state index in [1.807, 2.05) is 0 Å². The molecule has 2 aromatic carbocycles. The lowest BCUT2D eigenvalue weighted by Crippen LogP contribution is -2.21. The van der Waals surface area contributed by atoms with Crippen molar-refractivity contribution in [2.24, 2.45) is 0 Å². The molecule has 28 heavy (non-hydrogen) atoms. The maximum atomic E-state index is 13.3. The molecule has 0 saturated carbocycles. The van der Waals surface area contributed by atoms with Gasteiger partial charge in [-0.05, 0) is 24.3 Å². The van der Waals surface area contributed by atoms with Crippen molar-refractivity contribution in [3.8, 4) is 22.9 Å². The standard InChI is InChI=1S/C19H15FN4O4/c1-26-12-4-6-14(16(8-12)27-2)18-22-17(28-23-18)9-24-10-21-15-7-11(20)3-5-13(15)19(24)25/h3-8,10H,9H2,1-2H3. The molecule has 0 radical (unpaired) electrons. The van der Waals surface area contributed by atoms with Gasteiger partial charge in [0, 0.05) is 12.1 Å². The first-order valence-electron chi connectivity index (χ1n) is 8.28. The SMILES string of the molecule is COc1ccc(-c2noc(Cn3cnc4cc(F)ccc4c3=O)n2)c(OC)c1. The smallest absolute Gasteiger partial charge is 0.261 e. The molecule has 4 aromatic rings. The van der Waals surface area contributed by atoms with Gasteiger partial charge in [-0.25, -0.2) is 9.37 Å². The fraction of sp³-hybridized carbons (Fsp3) is 0.158. The van der Waals surface area contributed by atoms with Crippen LogP contribution in [-0.2, 0) is 6.54 Å². The van der Waals surface area contributed by atoms with E-state index in [4.69, 9.17) is 14.0 Å². The number of halogens is 1. The van der Waals surface area contributed by atoms with E-state index in [1.165, 1.54) is 36.2 Å². The normalized spacial score (nSPS) is 11.0. The molecule has 0 fully saturated rings. The summed E-state index contributed by atoms with van der Waals surface area (Å²) in [5.41, 5.74) is 0.583. The lowest BCUT2D eigenvalue weighted by Gasteiger charge is -2.07. The van der Waals surface area contributed by atoms with E-state index < -0.39 is 5.82 Å². The summed E-state index contributed by atoms with van der Waals surface area (Å²) in [6.07, 6.45) is 1.32. The molecule has 8 nitrogen and oxygen atoms in total. The molecule has 2 heterocycles. The van der Waals surface area contributed by atoms with Crippen LogP contribution in [0.1, 0.15) is 5.89 Å². The van der Waals surface area contributed by atoms with E-state index in [0.717, 1.165) is 0 Å². The van der Waals surface area contributed by atoms with Crippen LogP contribution >= 0.6 is 0 Å². The van der Waals surface area contributed by atoms with Crippen LogP contribution in [0.15, 0.2) is 52.0 Å². The van der Waals surface area contributed by atoms with Gasteiger partial charge in [0.25, 0.3) is 5.56 Å². The Morgan fingerprint density at radius 2 is 2.00 bits per heavy atom. The van der Waals surface area contributed by atoms with Crippen molar-refractivity contribution in [3.63, 3.8) is 0 Å². The largest absolute Gasteiger partial charge is 0.497 e. The predicted octanol–water partition coefficient (Wildman–Crippen LogP) is 2.65. The molecule has 0 bridgehead atoms. The number of hydrogen-bond acceptors (Lipinski definition) is 7. The highest BCUT2D eigenvalue weighted by Crippen LogP contribution is 2.31. The van der Waals surface area contributed by atoms with Crippen molar-refractivity contribution in [2.75, 3.05) is 14.2 Å². The van der Waals surface area contributed by atoms with Crippen LogP contribution in [0.3, 0.4) is 0 Å². The van der Waals surface area contributed by atoms with Gasteiger partial charge in [0.05, 0.1) is 37.0 Å². The topological polar surface area (TPSA) is 92.3 Å². The third kappa shape index (κ3) is 3.18. The Kier molecular flexibility index (Phi) is 4.48. The molecule has 142 valence electrons. The highest BCUT2D eigenvalue weighted by atomic mass is 19.1. The summed E-state index contributed by atoms with van der Waals surface area (Å²) in [6.45, 7) is 0.0324. The van der Waals surface area contributed by atoms with Gasteiger partial charge in [0.2, 0.25) is 11.7 Å². The van der Waals surface area contributed by atoms with Gasteiger partial charge < -0.3 is 14.0 Å². The quantitative estimate of drug-likeness (QED) is 0.524. The summed E-state index contributed by atoms with van der Waals surface area (Å²) >= 11 is 0. The fourth-order valence-electron chi connectivity index (χ4n) is 2.80. The number of hydrogen-bond donors (Lipinski definition) is 0. The van der Waals surface area contributed by atoms with Crippen LogP contribution in [-0.4, -0.2) is 33.9 Å². The second-order valence-corrected chi connectivity index (χ2v) is 5.92. The molecule has 0 N–H and O–H groups in total. The highest BCUT2D eigenvalue weighted by molar-refractivity contribution is 5.77. The summed E-state index contributed by atoms with van der Waals surface area (Å²) in [5, 5.41) is 4.26. The number of aromatic nitrogens is 4. The molecule has 0 saturated heterocycles. The molecule has 9 heteroatoms. The van der Waals surface area contributed by atoms with E-state index in [1.54, 1.807) is 25.3 Å². The first kappa shape index (κ1) is 17.7. The zero-order chi connectivity index (χ0) is 19.7. The van der Waals surface area contributed by atoms with Crippen LogP contribution < -0.4 is 15.0 Å². The Bertz CT molecular complexity index is 1220. The molecule has 0 amide bonds. The maximum Gasteiger partial charge on any atom is 0.261 e. The van der Waals surface area contributed by atoms with Crippen LogP contribution in [0, 0.1) is 5.82 Å². The van der Waals surface area contributed by atoms with Gasteiger partial charge in [0.15, 0.2) is 0 Å². The van der Waals surface area contributed by atoms with Crippen LogP contribution in [0.2, 0.25) is 0 Å². The van der Waals surface area contributed by atoms with Gasteiger partial charge in [-0.1, -0.05) is 5.16 Å². The van der Waals surface area contributed by atoms with Crippen molar-refractivity contribution in [3.05, 3.63) is 64.8 Å². The molecular weight excluding hydrogens is 367 g/mol. The van der Waals surface area contributed by atoms with E-state index in [2.05, 4.69) is 15.1 Å². The number of methoxy groups -OCH3 is 2. The van der Waals surface area contributed by atoms with Crippen molar-refractivity contribution in [1.29, 1.82) is 0 Å². The zero-order valence-corrected chi connectivity index (χ0v) is 15.0. The minimum atomic E-state index is -0.452. The van der Waals surface area contributed by atoms with Crippen molar-refractivity contribution >= 4 is 10.9 Å². The lowest BCUT2D eigenvalue weighted by atomic mass is 10.2. The van der Waals surface area contributed by atoms with Gasteiger partial charge >= 0.3 is 0 Å². The second-order valence-electron chi connectivity index (χ2n) is 5.92. The number of rotatable bonds is 5. The lowest BCUT2D eigenvalue weighted by molar-refractivity contribution is 0.369. The third-order valence-electron chi connectivity index (χ3n) is 4.21. The second kappa shape index (κ2) is 7.10. The van der Waals surface area contributed by atoms with Gasteiger partial charge in [-0.2, -0.15) is 4.98 Å². The minimum Gasteiger partial charge on any atom is -0.497 e.